The predicted octanol–water partition coefficient (Wildman–Crippen LogP) is 3.43. The Hall–Kier alpha value is -3.04. The first-order chi connectivity index (χ1) is 14.0. The van der Waals surface area contributed by atoms with Crippen LogP contribution in [0.1, 0.15) is 31.2 Å². The van der Waals surface area contributed by atoms with Crippen LogP contribution in [0.15, 0.2) is 29.0 Å². The molecule has 4 heterocycles. The van der Waals surface area contributed by atoms with Crippen molar-refractivity contribution in [3.8, 4) is 28.7 Å². The summed E-state index contributed by atoms with van der Waals surface area (Å²) in [6.07, 6.45) is 1.83. The van der Waals surface area contributed by atoms with Gasteiger partial charge in [-0.1, -0.05) is 16.8 Å². The number of aromatic nitrogens is 7. The lowest BCUT2D eigenvalue weighted by molar-refractivity contribution is 0.0595. The maximum absolute atomic E-state index is 6.30. The lowest BCUT2D eigenvalue weighted by atomic mass is 10.1. The molecule has 1 aliphatic rings. The zero-order valence-corrected chi connectivity index (χ0v) is 16.9. The van der Waals surface area contributed by atoms with E-state index in [1.807, 2.05) is 41.2 Å². The summed E-state index contributed by atoms with van der Waals surface area (Å²) in [5.74, 6) is 2.38. The lowest BCUT2D eigenvalue weighted by Crippen LogP contribution is -2.11. The number of ether oxygens (including phenoxy) is 1. The van der Waals surface area contributed by atoms with Crippen LogP contribution >= 0.6 is 11.6 Å². The van der Waals surface area contributed by atoms with Crippen molar-refractivity contribution < 1.29 is 9.26 Å². The summed E-state index contributed by atoms with van der Waals surface area (Å²) < 4.78 is 15.2. The van der Waals surface area contributed by atoms with Gasteiger partial charge in [-0.05, 0) is 39.0 Å². The Labute approximate surface area is 171 Å². The predicted molar refractivity (Wildman–Crippen MR) is 105 cm³/mol. The van der Waals surface area contributed by atoms with Gasteiger partial charge in [-0.25, -0.2) is 4.98 Å². The number of imidazole rings is 1. The highest BCUT2D eigenvalue weighted by atomic mass is 35.5. The third-order valence-corrected chi connectivity index (χ3v) is 4.97. The summed E-state index contributed by atoms with van der Waals surface area (Å²) in [5, 5.41) is 13.3. The Bertz CT molecular complexity index is 1210. The molecule has 10 heteroatoms. The lowest BCUT2D eigenvalue weighted by Gasteiger charge is -2.10. The molecule has 0 radical (unpaired) electrons. The number of aryl methyl sites for hydroxylation is 1. The van der Waals surface area contributed by atoms with E-state index in [9.17, 15) is 0 Å². The van der Waals surface area contributed by atoms with E-state index in [2.05, 4.69) is 25.3 Å². The summed E-state index contributed by atoms with van der Waals surface area (Å²) in [5.41, 5.74) is 3.29. The number of rotatable bonds is 4. The fourth-order valence-corrected chi connectivity index (χ4v) is 3.57. The first kappa shape index (κ1) is 18.0. The van der Waals surface area contributed by atoms with Crippen molar-refractivity contribution in [1.29, 1.82) is 0 Å². The molecule has 29 heavy (non-hydrogen) atoms. The van der Waals surface area contributed by atoms with Crippen molar-refractivity contribution in [3.05, 3.63) is 46.9 Å². The van der Waals surface area contributed by atoms with Crippen molar-refractivity contribution in [2.75, 3.05) is 0 Å². The second-order valence-electron chi connectivity index (χ2n) is 7.10. The smallest absolute Gasteiger partial charge is 0.278 e. The van der Waals surface area contributed by atoms with Crippen molar-refractivity contribution in [1.82, 2.24) is 34.5 Å². The summed E-state index contributed by atoms with van der Waals surface area (Å²) in [6.45, 7) is 6.57. The molecule has 1 aromatic carbocycles. The number of halogens is 1. The molecule has 1 aliphatic heterocycles. The molecule has 5 rings (SSSR count). The number of hydrogen-bond acceptors (Lipinski definition) is 7. The van der Waals surface area contributed by atoms with Gasteiger partial charge in [-0.3, -0.25) is 4.57 Å². The molecule has 0 spiro atoms. The highest BCUT2D eigenvalue weighted by molar-refractivity contribution is 6.31. The fourth-order valence-electron chi connectivity index (χ4n) is 3.40. The van der Waals surface area contributed by atoms with E-state index in [0.29, 0.717) is 35.6 Å². The van der Waals surface area contributed by atoms with Crippen LogP contribution in [0.2, 0.25) is 5.02 Å². The standard InChI is InChI=1S/C19H18ClN7O2/c1-10(2)28-8-16-23-24-18-13-6-12(20)4-5-14(13)27-9-21-17(15(27)7-26(16)18)19-22-11(3)25-29-19/h4-6,9-10H,7-8H2,1-3H3. The van der Waals surface area contributed by atoms with Crippen molar-refractivity contribution in [2.45, 2.75) is 40.0 Å². The van der Waals surface area contributed by atoms with Gasteiger partial charge < -0.3 is 13.8 Å². The van der Waals surface area contributed by atoms with Gasteiger partial charge in [0.05, 0.1) is 24.0 Å². The molecule has 0 N–H and O–H groups in total. The summed E-state index contributed by atoms with van der Waals surface area (Å²) >= 11 is 6.30. The summed E-state index contributed by atoms with van der Waals surface area (Å²) in [4.78, 5) is 8.90. The first-order valence-corrected chi connectivity index (χ1v) is 9.60. The van der Waals surface area contributed by atoms with E-state index >= 15 is 0 Å². The minimum absolute atomic E-state index is 0.0814. The van der Waals surface area contributed by atoms with E-state index in [1.165, 1.54) is 0 Å². The Morgan fingerprint density at radius 2 is 2.14 bits per heavy atom. The van der Waals surface area contributed by atoms with Crippen molar-refractivity contribution >= 4 is 11.6 Å². The first-order valence-electron chi connectivity index (χ1n) is 9.22. The highest BCUT2D eigenvalue weighted by Crippen LogP contribution is 2.36. The third-order valence-electron chi connectivity index (χ3n) is 4.74. The van der Waals surface area contributed by atoms with Gasteiger partial charge >= 0.3 is 0 Å². The van der Waals surface area contributed by atoms with Gasteiger partial charge in [-0.15, -0.1) is 10.2 Å². The van der Waals surface area contributed by atoms with E-state index in [-0.39, 0.29) is 6.10 Å². The van der Waals surface area contributed by atoms with Crippen molar-refractivity contribution in [3.63, 3.8) is 0 Å². The summed E-state index contributed by atoms with van der Waals surface area (Å²) in [6, 6.07) is 5.67. The summed E-state index contributed by atoms with van der Waals surface area (Å²) in [7, 11) is 0. The highest BCUT2D eigenvalue weighted by Gasteiger charge is 2.28. The molecule has 0 bridgehead atoms. The topological polar surface area (TPSA) is 96.7 Å². The minimum Gasteiger partial charge on any atom is -0.371 e. The quantitative estimate of drug-likeness (QED) is 0.447. The number of fused-ring (bicyclic) bond motifs is 5. The van der Waals surface area contributed by atoms with Gasteiger partial charge in [0.15, 0.2) is 23.2 Å². The van der Waals surface area contributed by atoms with Crippen LogP contribution in [-0.2, 0) is 17.9 Å². The van der Waals surface area contributed by atoms with Gasteiger partial charge in [-0.2, -0.15) is 4.98 Å². The zero-order chi connectivity index (χ0) is 20.1. The van der Waals surface area contributed by atoms with Crippen LogP contribution in [0, 0.1) is 6.92 Å². The SMILES string of the molecule is Cc1noc(-c2ncn3c2Cn2c(COC(C)C)nnc2-c2cc(Cl)ccc2-3)n1. The molecule has 148 valence electrons. The number of hydrogen-bond donors (Lipinski definition) is 0. The Balaban J connectivity index is 1.72. The van der Waals surface area contributed by atoms with Crippen LogP contribution in [-0.4, -0.2) is 40.6 Å². The van der Waals surface area contributed by atoms with Gasteiger partial charge in [0.2, 0.25) is 0 Å². The van der Waals surface area contributed by atoms with E-state index in [1.54, 1.807) is 13.3 Å². The molecule has 4 aromatic rings. The molecular formula is C19H18ClN7O2. The average molecular weight is 412 g/mol. The molecule has 0 fully saturated rings. The van der Waals surface area contributed by atoms with Crippen molar-refractivity contribution in [2.24, 2.45) is 0 Å². The molecule has 3 aromatic heterocycles. The molecule has 0 saturated carbocycles. The Kier molecular flexibility index (Phi) is 4.21. The monoisotopic (exact) mass is 411 g/mol. The largest absolute Gasteiger partial charge is 0.371 e. The van der Waals surface area contributed by atoms with E-state index < -0.39 is 0 Å². The average Bonchev–Trinajstić information content (AvgIpc) is 3.38. The van der Waals surface area contributed by atoms with Crippen LogP contribution in [0.25, 0.3) is 28.7 Å². The number of benzene rings is 1. The van der Waals surface area contributed by atoms with Crippen LogP contribution < -0.4 is 0 Å². The molecule has 0 aliphatic carbocycles. The van der Waals surface area contributed by atoms with E-state index in [4.69, 9.17) is 20.9 Å². The Morgan fingerprint density at radius 1 is 1.28 bits per heavy atom. The number of nitrogens with zero attached hydrogens (tertiary/aromatic N) is 7. The molecular weight excluding hydrogens is 394 g/mol. The maximum atomic E-state index is 6.30. The molecule has 9 nitrogen and oxygen atoms in total. The molecule has 0 atom stereocenters. The maximum Gasteiger partial charge on any atom is 0.278 e. The van der Waals surface area contributed by atoms with Gasteiger partial charge in [0.1, 0.15) is 12.9 Å². The molecule has 0 unspecified atom stereocenters. The Morgan fingerprint density at radius 3 is 2.90 bits per heavy atom. The second kappa shape index (κ2) is 6.78. The molecule has 0 saturated heterocycles. The zero-order valence-electron chi connectivity index (χ0n) is 16.1. The van der Waals surface area contributed by atoms with Crippen LogP contribution in [0.3, 0.4) is 0 Å². The van der Waals surface area contributed by atoms with Crippen LogP contribution in [0.5, 0.6) is 0 Å². The fraction of sp³-hybridized carbons (Fsp3) is 0.316. The van der Waals surface area contributed by atoms with E-state index in [0.717, 1.165) is 28.6 Å². The van der Waals surface area contributed by atoms with Crippen LogP contribution in [0.4, 0.5) is 0 Å². The second-order valence-corrected chi connectivity index (χ2v) is 7.54. The van der Waals surface area contributed by atoms with Gasteiger partial charge in [0, 0.05) is 10.6 Å². The minimum atomic E-state index is 0.0814. The molecule has 0 amide bonds. The third kappa shape index (κ3) is 3.02. The van der Waals surface area contributed by atoms with Gasteiger partial charge in [0.25, 0.3) is 5.89 Å². The normalized spacial score (nSPS) is 12.6.